The van der Waals surface area contributed by atoms with E-state index in [1.54, 1.807) is 4.31 Å². The van der Waals surface area contributed by atoms with Crippen LogP contribution in [0.1, 0.15) is 40.5 Å². The zero-order chi connectivity index (χ0) is 14.0. The fraction of sp³-hybridized carbons (Fsp3) is 1.00. The van der Waals surface area contributed by atoms with Crippen LogP contribution in [0.5, 0.6) is 0 Å². The second-order valence-corrected chi connectivity index (χ2v) is 7.84. The number of hydrogen-bond donors (Lipinski definition) is 2. The number of hydrogen-bond acceptors (Lipinski definition) is 3. The molecule has 18 heavy (non-hydrogen) atoms. The van der Waals surface area contributed by atoms with E-state index < -0.39 is 15.7 Å². The first-order valence-electron chi connectivity index (χ1n) is 6.62. The smallest absolute Gasteiger partial charge is 0.279 e. The van der Waals surface area contributed by atoms with Crippen molar-refractivity contribution in [2.45, 2.75) is 52.1 Å². The van der Waals surface area contributed by atoms with Gasteiger partial charge < -0.3 is 5.32 Å². The summed E-state index contributed by atoms with van der Waals surface area (Å²) in [5.74, 6) is 0.566. The molecule has 1 atom stereocenters. The average molecular weight is 277 g/mol. The van der Waals surface area contributed by atoms with Crippen molar-refractivity contribution in [3.05, 3.63) is 0 Å². The van der Waals surface area contributed by atoms with Crippen LogP contribution in [-0.2, 0) is 10.2 Å². The third kappa shape index (κ3) is 4.50. The molecule has 108 valence electrons. The first-order chi connectivity index (χ1) is 8.15. The van der Waals surface area contributed by atoms with Crippen molar-refractivity contribution in [3.63, 3.8) is 0 Å². The molecule has 0 aliphatic carbocycles. The lowest BCUT2D eigenvalue weighted by Gasteiger charge is -2.35. The van der Waals surface area contributed by atoms with Gasteiger partial charge in [-0.05, 0) is 53.5 Å². The van der Waals surface area contributed by atoms with Gasteiger partial charge in [-0.25, -0.2) is 0 Å². The van der Waals surface area contributed by atoms with Crippen molar-refractivity contribution in [2.75, 3.05) is 20.1 Å². The van der Waals surface area contributed by atoms with Gasteiger partial charge in [0.05, 0.1) is 0 Å². The Bertz CT molecular complexity index is 354. The van der Waals surface area contributed by atoms with Gasteiger partial charge in [-0.2, -0.15) is 17.4 Å². The summed E-state index contributed by atoms with van der Waals surface area (Å²) in [5, 5.41) is 3.24. The predicted molar refractivity (Wildman–Crippen MR) is 74.6 cm³/mol. The summed E-state index contributed by atoms with van der Waals surface area (Å²) in [5.41, 5.74) is -0.423. The Morgan fingerprint density at radius 1 is 1.22 bits per heavy atom. The zero-order valence-electron chi connectivity index (χ0n) is 12.2. The molecule has 1 heterocycles. The van der Waals surface area contributed by atoms with Crippen LogP contribution >= 0.6 is 0 Å². The third-order valence-electron chi connectivity index (χ3n) is 3.44. The highest BCUT2D eigenvalue weighted by molar-refractivity contribution is 7.87. The van der Waals surface area contributed by atoms with Crippen LogP contribution in [0.4, 0.5) is 0 Å². The molecule has 0 bridgehead atoms. The van der Waals surface area contributed by atoms with Crippen molar-refractivity contribution in [1.29, 1.82) is 0 Å². The molecule has 1 fully saturated rings. The molecule has 6 heteroatoms. The van der Waals surface area contributed by atoms with Crippen LogP contribution in [0.2, 0.25) is 0 Å². The predicted octanol–water partition coefficient (Wildman–Crippen LogP) is 0.939. The van der Waals surface area contributed by atoms with E-state index >= 15 is 0 Å². The van der Waals surface area contributed by atoms with Gasteiger partial charge in [-0.3, -0.25) is 0 Å². The van der Waals surface area contributed by atoms with Crippen LogP contribution < -0.4 is 10.0 Å². The molecule has 1 aliphatic heterocycles. The molecule has 0 aromatic rings. The van der Waals surface area contributed by atoms with E-state index in [1.807, 2.05) is 27.8 Å². The summed E-state index contributed by atoms with van der Waals surface area (Å²) in [4.78, 5) is 0. The summed E-state index contributed by atoms with van der Waals surface area (Å²) in [6.45, 7) is 8.97. The van der Waals surface area contributed by atoms with E-state index in [9.17, 15) is 8.42 Å². The van der Waals surface area contributed by atoms with Gasteiger partial charge >= 0.3 is 0 Å². The van der Waals surface area contributed by atoms with Crippen LogP contribution in [0.15, 0.2) is 0 Å². The van der Waals surface area contributed by atoms with Crippen LogP contribution in [0.25, 0.3) is 0 Å². The lowest BCUT2D eigenvalue weighted by atomic mass is 9.91. The second kappa shape index (κ2) is 5.86. The molecule has 1 aliphatic rings. The first-order valence-corrected chi connectivity index (χ1v) is 8.06. The van der Waals surface area contributed by atoms with E-state index in [4.69, 9.17) is 0 Å². The van der Waals surface area contributed by atoms with Gasteiger partial charge in [-0.1, -0.05) is 0 Å². The maximum Gasteiger partial charge on any atom is 0.279 e. The lowest BCUT2D eigenvalue weighted by Crippen LogP contribution is -2.52. The van der Waals surface area contributed by atoms with E-state index in [2.05, 4.69) is 17.0 Å². The highest BCUT2D eigenvalue weighted by Gasteiger charge is 2.31. The van der Waals surface area contributed by atoms with Crippen LogP contribution in [-0.4, -0.2) is 44.4 Å². The Morgan fingerprint density at radius 2 is 1.72 bits per heavy atom. The van der Waals surface area contributed by atoms with Gasteiger partial charge in [0.15, 0.2) is 0 Å². The number of rotatable bonds is 4. The summed E-state index contributed by atoms with van der Waals surface area (Å²) < 4.78 is 28.6. The second-order valence-electron chi connectivity index (χ2n) is 6.17. The number of nitrogens with zero attached hydrogens (tertiary/aromatic N) is 1. The molecule has 0 spiro atoms. The molecule has 1 unspecified atom stereocenters. The summed E-state index contributed by atoms with van der Waals surface area (Å²) >= 11 is 0. The molecule has 0 aromatic carbocycles. The standard InChI is InChI=1S/C12H27N3O2S/c1-10(13-5)11-6-8-15(9-7-11)18(16,17)14-12(2,3)4/h10-11,13-14H,6-9H2,1-5H3. The van der Waals surface area contributed by atoms with Gasteiger partial charge in [0.2, 0.25) is 0 Å². The van der Waals surface area contributed by atoms with E-state index in [1.165, 1.54) is 0 Å². The fourth-order valence-corrected chi connectivity index (χ4v) is 3.90. The lowest BCUT2D eigenvalue weighted by molar-refractivity contribution is 0.233. The molecule has 0 aromatic heterocycles. The summed E-state index contributed by atoms with van der Waals surface area (Å²) in [7, 11) is -1.38. The third-order valence-corrected chi connectivity index (χ3v) is 5.35. The largest absolute Gasteiger partial charge is 0.317 e. The van der Waals surface area contributed by atoms with E-state index in [0.29, 0.717) is 25.0 Å². The Kier molecular flexibility index (Phi) is 5.17. The monoisotopic (exact) mass is 277 g/mol. The van der Waals surface area contributed by atoms with Gasteiger partial charge in [-0.15, -0.1) is 0 Å². The maximum atomic E-state index is 12.1. The Morgan fingerprint density at radius 3 is 2.11 bits per heavy atom. The number of piperidine rings is 1. The van der Waals surface area contributed by atoms with Crippen LogP contribution in [0.3, 0.4) is 0 Å². The van der Waals surface area contributed by atoms with Crippen molar-refractivity contribution in [3.8, 4) is 0 Å². The Labute approximate surface area is 112 Å². The highest BCUT2D eigenvalue weighted by Crippen LogP contribution is 2.22. The normalized spacial score (nSPS) is 22.1. The minimum absolute atomic E-state index is 0.423. The summed E-state index contributed by atoms with van der Waals surface area (Å²) in [6.07, 6.45) is 1.85. The quantitative estimate of drug-likeness (QED) is 0.804. The molecule has 5 nitrogen and oxygen atoms in total. The molecule has 0 radical (unpaired) electrons. The highest BCUT2D eigenvalue weighted by atomic mass is 32.2. The first kappa shape index (κ1) is 15.9. The SMILES string of the molecule is CNC(C)C1CCN(S(=O)(=O)NC(C)(C)C)CC1. The molecule has 1 saturated heterocycles. The van der Waals surface area contributed by atoms with E-state index in [0.717, 1.165) is 12.8 Å². The van der Waals surface area contributed by atoms with Gasteiger partial charge in [0.25, 0.3) is 10.2 Å². The van der Waals surface area contributed by atoms with Crippen molar-refractivity contribution >= 4 is 10.2 Å². The molecule has 2 N–H and O–H groups in total. The number of nitrogens with one attached hydrogen (secondary N) is 2. The van der Waals surface area contributed by atoms with Crippen molar-refractivity contribution in [2.24, 2.45) is 5.92 Å². The fourth-order valence-electron chi connectivity index (χ4n) is 2.30. The minimum Gasteiger partial charge on any atom is -0.317 e. The topological polar surface area (TPSA) is 61.4 Å². The molecule has 0 saturated carbocycles. The van der Waals surface area contributed by atoms with Crippen molar-refractivity contribution in [1.82, 2.24) is 14.3 Å². The summed E-state index contributed by atoms with van der Waals surface area (Å²) in [6, 6.07) is 0.449. The van der Waals surface area contributed by atoms with Gasteiger partial charge in [0, 0.05) is 24.7 Å². The molecular weight excluding hydrogens is 250 g/mol. The zero-order valence-corrected chi connectivity index (χ0v) is 13.0. The molecular formula is C12H27N3O2S. The van der Waals surface area contributed by atoms with E-state index in [-0.39, 0.29) is 0 Å². The average Bonchev–Trinajstić information content (AvgIpc) is 2.25. The Hall–Kier alpha value is -0.170. The van der Waals surface area contributed by atoms with Gasteiger partial charge in [0.1, 0.15) is 0 Å². The molecule has 0 amide bonds. The Balaban J connectivity index is 2.57. The maximum absolute atomic E-state index is 12.1. The van der Waals surface area contributed by atoms with Crippen molar-refractivity contribution < 1.29 is 8.42 Å². The molecule has 1 rings (SSSR count). The minimum atomic E-state index is -3.33. The van der Waals surface area contributed by atoms with Crippen LogP contribution in [0, 0.1) is 5.92 Å².